The van der Waals surface area contributed by atoms with Crippen LogP contribution in [-0.2, 0) is 4.79 Å². The second-order valence-corrected chi connectivity index (χ2v) is 6.90. The number of aromatic hydroxyl groups is 1. The van der Waals surface area contributed by atoms with Crippen LogP contribution < -0.4 is 10.2 Å². The number of nitrogens with one attached hydrogen (secondary N) is 1. The lowest BCUT2D eigenvalue weighted by Crippen LogP contribution is -2.38. The first kappa shape index (κ1) is 17.4. The maximum atomic E-state index is 12.4. The predicted molar refractivity (Wildman–Crippen MR) is 99.0 cm³/mol. The molecule has 130 valence electrons. The van der Waals surface area contributed by atoms with Crippen molar-refractivity contribution in [2.45, 2.75) is 12.8 Å². The quantitative estimate of drug-likeness (QED) is 0.765. The van der Waals surface area contributed by atoms with Gasteiger partial charge in [-0.25, -0.2) is 4.98 Å². The number of hydrogen-bond acceptors (Lipinski definition) is 5. The van der Waals surface area contributed by atoms with Gasteiger partial charge in [0.1, 0.15) is 6.29 Å². The maximum Gasteiger partial charge on any atom is 0.228 e. The Bertz CT molecular complexity index is 772. The highest BCUT2D eigenvalue weighted by atomic mass is 79.9. The van der Waals surface area contributed by atoms with Crippen LogP contribution in [0.15, 0.2) is 41.0 Å². The molecule has 1 aliphatic rings. The van der Waals surface area contributed by atoms with Gasteiger partial charge in [-0.1, -0.05) is 0 Å². The fourth-order valence-electron chi connectivity index (χ4n) is 2.91. The van der Waals surface area contributed by atoms with Crippen molar-refractivity contribution in [3.8, 4) is 5.75 Å². The van der Waals surface area contributed by atoms with Crippen LogP contribution in [-0.4, -0.2) is 35.4 Å². The number of benzene rings is 1. The molecule has 6 nitrogen and oxygen atoms in total. The molecule has 1 amide bonds. The van der Waals surface area contributed by atoms with Gasteiger partial charge in [0.15, 0.2) is 11.6 Å². The number of carbonyl (C=O) groups is 2. The van der Waals surface area contributed by atoms with E-state index < -0.39 is 0 Å². The summed E-state index contributed by atoms with van der Waals surface area (Å²) in [6.07, 6.45) is 3.80. The number of rotatable bonds is 4. The molecule has 7 heteroatoms. The lowest BCUT2D eigenvalue weighted by Gasteiger charge is -2.33. The number of pyridine rings is 1. The van der Waals surface area contributed by atoms with E-state index in [1.807, 2.05) is 12.1 Å². The molecule has 0 atom stereocenters. The number of nitrogens with zero attached hydrogens (tertiary/aromatic N) is 2. The molecule has 0 radical (unpaired) electrons. The van der Waals surface area contributed by atoms with Crippen LogP contribution >= 0.6 is 15.9 Å². The molecular weight excluding hydrogens is 386 g/mol. The molecule has 3 rings (SSSR count). The minimum absolute atomic E-state index is 0.0598. The molecule has 1 aliphatic heterocycles. The lowest BCUT2D eigenvalue weighted by molar-refractivity contribution is -0.120. The van der Waals surface area contributed by atoms with Gasteiger partial charge in [-0.05, 0) is 59.1 Å². The largest absolute Gasteiger partial charge is 0.504 e. The van der Waals surface area contributed by atoms with E-state index in [2.05, 4.69) is 31.1 Å². The Labute approximate surface area is 154 Å². The van der Waals surface area contributed by atoms with Crippen molar-refractivity contribution in [2.75, 3.05) is 23.3 Å². The summed E-state index contributed by atoms with van der Waals surface area (Å²) in [6.45, 7) is 1.52. The van der Waals surface area contributed by atoms with E-state index in [4.69, 9.17) is 0 Å². The summed E-state index contributed by atoms with van der Waals surface area (Å²) in [5.74, 6) is -0.119. The van der Waals surface area contributed by atoms with Crippen molar-refractivity contribution in [3.05, 3.63) is 46.6 Å². The molecule has 0 saturated carbocycles. The zero-order chi connectivity index (χ0) is 17.8. The number of piperidine rings is 1. The molecule has 0 unspecified atom stereocenters. The summed E-state index contributed by atoms with van der Waals surface area (Å²) in [4.78, 5) is 29.3. The molecule has 0 aliphatic carbocycles. The van der Waals surface area contributed by atoms with E-state index in [0.29, 0.717) is 10.0 Å². The number of halogens is 1. The monoisotopic (exact) mass is 403 g/mol. The summed E-state index contributed by atoms with van der Waals surface area (Å²) in [5.41, 5.74) is 1.71. The fourth-order valence-corrected chi connectivity index (χ4v) is 3.23. The molecule has 2 N–H and O–H groups in total. The third-order valence-electron chi connectivity index (χ3n) is 4.34. The zero-order valence-corrected chi connectivity index (χ0v) is 15.1. The molecule has 2 heterocycles. The number of aromatic nitrogens is 1. The van der Waals surface area contributed by atoms with Crippen molar-refractivity contribution < 1.29 is 14.7 Å². The van der Waals surface area contributed by atoms with Crippen molar-refractivity contribution >= 4 is 39.6 Å². The van der Waals surface area contributed by atoms with Crippen LogP contribution in [0.1, 0.15) is 23.2 Å². The summed E-state index contributed by atoms with van der Waals surface area (Å²) in [5, 5.41) is 12.5. The van der Waals surface area contributed by atoms with Crippen LogP contribution in [0.4, 0.5) is 11.5 Å². The van der Waals surface area contributed by atoms with Crippen molar-refractivity contribution in [1.82, 2.24) is 4.98 Å². The first-order valence-electron chi connectivity index (χ1n) is 8.02. The highest BCUT2D eigenvalue weighted by molar-refractivity contribution is 9.10. The normalized spacial score (nSPS) is 15.0. The Morgan fingerprint density at radius 3 is 2.56 bits per heavy atom. The van der Waals surface area contributed by atoms with E-state index in [9.17, 15) is 14.7 Å². The van der Waals surface area contributed by atoms with E-state index in [-0.39, 0.29) is 23.4 Å². The minimum atomic E-state index is -0.124. The van der Waals surface area contributed by atoms with Gasteiger partial charge in [0.2, 0.25) is 5.91 Å². The molecule has 1 fully saturated rings. The number of hydrogen-bond donors (Lipinski definition) is 2. The lowest BCUT2D eigenvalue weighted by atomic mass is 9.95. The average molecular weight is 404 g/mol. The average Bonchev–Trinajstić information content (AvgIpc) is 2.64. The number of aldehydes is 1. The van der Waals surface area contributed by atoms with Gasteiger partial charge in [0.25, 0.3) is 0 Å². The van der Waals surface area contributed by atoms with Crippen LogP contribution in [0.25, 0.3) is 0 Å². The zero-order valence-electron chi connectivity index (χ0n) is 13.5. The maximum absolute atomic E-state index is 12.4. The number of amides is 1. The second-order valence-electron chi connectivity index (χ2n) is 5.98. The molecule has 2 aromatic rings. The van der Waals surface area contributed by atoms with Gasteiger partial charge < -0.3 is 15.3 Å². The van der Waals surface area contributed by atoms with Crippen LogP contribution in [0.3, 0.4) is 0 Å². The highest BCUT2D eigenvalue weighted by Crippen LogP contribution is 2.27. The van der Waals surface area contributed by atoms with Crippen LogP contribution in [0.2, 0.25) is 0 Å². The molecule has 1 saturated heterocycles. The van der Waals surface area contributed by atoms with Gasteiger partial charge in [0.05, 0.1) is 0 Å². The van der Waals surface area contributed by atoms with E-state index in [1.54, 1.807) is 12.1 Å². The smallest absolute Gasteiger partial charge is 0.228 e. The van der Waals surface area contributed by atoms with Crippen LogP contribution in [0, 0.1) is 5.92 Å². The first-order chi connectivity index (χ1) is 12.1. The second kappa shape index (κ2) is 7.65. The number of anilines is 2. The predicted octanol–water partition coefficient (Wildman–Crippen LogP) is 3.22. The summed E-state index contributed by atoms with van der Waals surface area (Å²) < 4.78 is 0.650. The van der Waals surface area contributed by atoms with Gasteiger partial charge in [-0.3, -0.25) is 9.59 Å². The Kier molecular flexibility index (Phi) is 5.33. The standard InChI is InChI=1S/C18H18BrN3O3/c19-14-9-16(24)17(20-10-14)21-18(25)13-5-7-22(8-6-13)15-3-1-12(11-23)2-4-15/h1-4,9-11,13,24H,5-8H2,(H,20,21,25). The Morgan fingerprint density at radius 1 is 1.28 bits per heavy atom. The van der Waals surface area contributed by atoms with E-state index in [0.717, 1.165) is 37.9 Å². The fraction of sp³-hybridized carbons (Fsp3) is 0.278. The molecule has 0 bridgehead atoms. The summed E-state index contributed by atoms with van der Waals surface area (Å²) >= 11 is 3.22. The SMILES string of the molecule is O=Cc1ccc(N2CCC(C(=O)Nc3ncc(Br)cc3O)CC2)cc1. The highest BCUT2D eigenvalue weighted by Gasteiger charge is 2.26. The van der Waals surface area contributed by atoms with Gasteiger partial charge >= 0.3 is 0 Å². The van der Waals surface area contributed by atoms with Gasteiger partial charge in [-0.2, -0.15) is 0 Å². The van der Waals surface area contributed by atoms with E-state index in [1.165, 1.54) is 12.3 Å². The van der Waals surface area contributed by atoms with Crippen molar-refractivity contribution in [1.29, 1.82) is 0 Å². The molecule has 25 heavy (non-hydrogen) atoms. The molecule has 0 spiro atoms. The van der Waals surface area contributed by atoms with Crippen molar-refractivity contribution in [3.63, 3.8) is 0 Å². The first-order valence-corrected chi connectivity index (χ1v) is 8.81. The van der Waals surface area contributed by atoms with Gasteiger partial charge in [0, 0.05) is 40.9 Å². The third-order valence-corrected chi connectivity index (χ3v) is 4.77. The van der Waals surface area contributed by atoms with Gasteiger partial charge in [-0.15, -0.1) is 0 Å². The molecule has 1 aromatic heterocycles. The molecule has 1 aromatic carbocycles. The number of carbonyl (C=O) groups excluding carboxylic acids is 2. The van der Waals surface area contributed by atoms with Crippen molar-refractivity contribution in [2.24, 2.45) is 5.92 Å². The topological polar surface area (TPSA) is 82.5 Å². The van der Waals surface area contributed by atoms with Crippen LogP contribution in [0.5, 0.6) is 5.75 Å². The molecular formula is C18H18BrN3O3. The Morgan fingerprint density at radius 2 is 1.96 bits per heavy atom. The minimum Gasteiger partial charge on any atom is -0.504 e. The Balaban J connectivity index is 1.57. The summed E-state index contributed by atoms with van der Waals surface area (Å²) in [7, 11) is 0. The summed E-state index contributed by atoms with van der Waals surface area (Å²) in [6, 6.07) is 8.93. The Hall–Kier alpha value is -2.41. The third kappa shape index (κ3) is 4.17. The van der Waals surface area contributed by atoms with E-state index >= 15 is 0 Å².